The predicted molar refractivity (Wildman–Crippen MR) is 104 cm³/mol. The summed E-state index contributed by atoms with van der Waals surface area (Å²) in [6.45, 7) is 1.79. The third-order valence-electron chi connectivity index (χ3n) is 3.97. The average Bonchev–Trinajstić information content (AvgIpc) is 2.65. The second-order valence-corrected chi connectivity index (χ2v) is 7.38. The van der Waals surface area contributed by atoms with Crippen molar-refractivity contribution in [3.8, 4) is 0 Å². The van der Waals surface area contributed by atoms with Gasteiger partial charge in [0.25, 0.3) is 5.56 Å². The van der Waals surface area contributed by atoms with Gasteiger partial charge in [0.15, 0.2) is 5.16 Å². The number of fused-ring (bicyclic) bond motifs is 1. The minimum Gasteiger partial charge on any atom is -0.468 e. The van der Waals surface area contributed by atoms with Gasteiger partial charge in [-0.25, -0.2) is 4.98 Å². The van der Waals surface area contributed by atoms with Crippen molar-refractivity contribution in [2.24, 2.45) is 0 Å². The van der Waals surface area contributed by atoms with Crippen molar-refractivity contribution in [2.75, 3.05) is 7.11 Å². The van der Waals surface area contributed by atoms with E-state index < -0.39 is 5.97 Å². The van der Waals surface area contributed by atoms with Gasteiger partial charge >= 0.3 is 5.97 Å². The summed E-state index contributed by atoms with van der Waals surface area (Å²) >= 11 is 7.66. The Morgan fingerprint density at radius 3 is 2.65 bits per heavy atom. The smallest absolute Gasteiger partial charge is 0.325 e. The van der Waals surface area contributed by atoms with Gasteiger partial charge < -0.3 is 4.74 Å². The standard InChI is InChI=1S/C19H17ClN2O3S/c1-12(13-7-3-5-9-15(13)20)26-19-21-16-10-6-4-8-14(16)18(24)22(19)11-17(23)25-2/h3-10,12H,11H2,1-2H3/t12-/m1/s1. The lowest BCUT2D eigenvalue weighted by Gasteiger charge is -2.16. The fourth-order valence-corrected chi connectivity index (χ4v) is 4.04. The minimum absolute atomic E-state index is 0.0549. The van der Waals surface area contributed by atoms with Crippen LogP contribution in [0.2, 0.25) is 5.02 Å². The van der Waals surface area contributed by atoms with E-state index in [9.17, 15) is 9.59 Å². The Hall–Kier alpha value is -2.31. The second-order valence-electron chi connectivity index (χ2n) is 5.66. The fraction of sp³-hybridized carbons (Fsp3) is 0.211. The van der Waals surface area contributed by atoms with Crippen LogP contribution in [-0.2, 0) is 16.1 Å². The molecule has 7 heteroatoms. The maximum absolute atomic E-state index is 12.9. The lowest BCUT2D eigenvalue weighted by Crippen LogP contribution is -2.27. The van der Waals surface area contributed by atoms with Crippen LogP contribution in [0.25, 0.3) is 10.9 Å². The van der Waals surface area contributed by atoms with Crippen molar-refractivity contribution in [1.29, 1.82) is 0 Å². The summed E-state index contributed by atoms with van der Waals surface area (Å²) in [4.78, 5) is 29.2. The Kier molecular flexibility index (Phi) is 5.64. The molecule has 0 saturated carbocycles. The van der Waals surface area contributed by atoms with Gasteiger partial charge in [-0.2, -0.15) is 0 Å². The zero-order chi connectivity index (χ0) is 18.7. The van der Waals surface area contributed by atoms with Gasteiger partial charge in [-0.1, -0.05) is 53.7 Å². The number of hydrogen-bond acceptors (Lipinski definition) is 5. The van der Waals surface area contributed by atoms with Crippen molar-refractivity contribution in [3.05, 3.63) is 69.5 Å². The molecule has 3 aromatic rings. The highest BCUT2D eigenvalue weighted by atomic mass is 35.5. The molecule has 26 heavy (non-hydrogen) atoms. The number of thioether (sulfide) groups is 1. The van der Waals surface area contributed by atoms with E-state index in [-0.39, 0.29) is 17.4 Å². The topological polar surface area (TPSA) is 61.2 Å². The maximum atomic E-state index is 12.9. The highest BCUT2D eigenvalue weighted by Crippen LogP contribution is 2.37. The molecule has 1 atom stereocenters. The molecule has 5 nitrogen and oxygen atoms in total. The molecule has 0 unspecified atom stereocenters. The molecular formula is C19H17ClN2O3S. The molecule has 0 aliphatic heterocycles. The predicted octanol–water partition coefficient (Wildman–Crippen LogP) is 4.08. The zero-order valence-electron chi connectivity index (χ0n) is 14.3. The molecule has 0 spiro atoms. The van der Waals surface area contributed by atoms with E-state index in [0.717, 1.165) is 5.56 Å². The molecule has 1 heterocycles. The summed E-state index contributed by atoms with van der Waals surface area (Å²) in [5.74, 6) is -0.503. The number of para-hydroxylation sites is 1. The average molecular weight is 389 g/mol. The van der Waals surface area contributed by atoms with Crippen LogP contribution in [0.3, 0.4) is 0 Å². The van der Waals surface area contributed by atoms with Gasteiger partial charge in [0, 0.05) is 10.3 Å². The number of nitrogens with zero attached hydrogens (tertiary/aromatic N) is 2. The molecule has 0 bridgehead atoms. The number of benzene rings is 2. The van der Waals surface area contributed by atoms with E-state index in [4.69, 9.17) is 16.3 Å². The molecular weight excluding hydrogens is 372 g/mol. The first-order chi connectivity index (χ1) is 12.5. The number of ether oxygens (including phenoxy) is 1. The number of esters is 1. The SMILES string of the molecule is COC(=O)Cn1c(S[C@H](C)c2ccccc2Cl)nc2ccccc2c1=O. The molecule has 0 amide bonds. The first-order valence-corrected chi connectivity index (χ1v) is 9.24. The van der Waals surface area contributed by atoms with E-state index in [1.165, 1.54) is 23.4 Å². The fourth-order valence-electron chi connectivity index (χ4n) is 2.60. The van der Waals surface area contributed by atoms with Crippen LogP contribution < -0.4 is 5.56 Å². The molecule has 0 fully saturated rings. The van der Waals surface area contributed by atoms with E-state index >= 15 is 0 Å². The van der Waals surface area contributed by atoms with Gasteiger partial charge in [0.05, 0.1) is 18.0 Å². The number of methoxy groups -OCH3 is 1. The van der Waals surface area contributed by atoms with E-state index in [2.05, 4.69) is 4.98 Å². The number of carbonyl (C=O) groups is 1. The number of halogens is 1. The number of hydrogen-bond donors (Lipinski definition) is 0. The van der Waals surface area contributed by atoms with Crippen LogP contribution in [0.15, 0.2) is 58.5 Å². The van der Waals surface area contributed by atoms with Gasteiger partial charge in [0.2, 0.25) is 0 Å². The van der Waals surface area contributed by atoms with E-state index in [0.29, 0.717) is 21.1 Å². The summed E-state index contributed by atoms with van der Waals surface area (Å²) in [6, 6.07) is 14.6. The van der Waals surface area contributed by atoms with Gasteiger partial charge in [-0.15, -0.1) is 0 Å². The Morgan fingerprint density at radius 1 is 1.23 bits per heavy atom. The van der Waals surface area contributed by atoms with Gasteiger partial charge in [-0.3, -0.25) is 14.2 Å². The first kappa shape index (κ1) is 18.5. The van der Waals surface area contributed by atoms with Crippen LogP contribution in [0.4, 0.5) is 0 Å². The number of carbonyl (C=O) groups excluding carboxylic acids is 1. The van der Waals surface area contributed by atoms with Gasteiger partial charge in [-0.05, 0) is 30.7 Å². The molecule has 0 aliphatic carbocycles. The summed E-state index contributed by atoms with van der Waals surface area (Å²) in [5.41, 5.74) is 1.26. The van der Waals surface area contributed by atoms with E-state index in [1.54, 1.807) is 18.2 Å². The van der Waals surface area contributed by atoms with Crippen LogP contribution in [-0.4, -0.2) is 22.6 Å². The second kappa shape index (κ2) is 7.93. The third kappa shape index (κ3) is 3.76. The van der Waals surface area contributed by atoms with Gasteiger partial charge in [0.1, 0.15) is 6.54 Å². The summed E-state index contributed by atoms with van der Waals surface area (Å²) in [7, 11) is 1.29. The summed E-state index contributed by atoms with van der Waals surface area (Å²) in [6.07, 6.45) is 0. The molecule has 134 valence electrons. The minimum atomic E-state index is -0.503. The third-order valence-corrected chi connectivity index (χ3v) is 5.44. The maximum Gasteiger partial charge on any atom is 0.325 e. The summed E-state index contributed by atoms with van der Waals surface area (Å²) in [5, 5.41) is 1.51. The van der Waals surface area contributed by atoms with Crippen molar-refractivity contribution in [1.82, 2.24) is 9.55 Å². The van der Waals surface area contributed by atoms with Crippen LogP contribution >= 0.6 is 23.4 Å². The number of aromatic nitrogens is 2. The molecule has 0 saturated heterocycles. The largest absolute Gasteiger partial charge is 0.468 e. The molecule has 3 rings (SSSR count). The van der Waals surface area contributed by atoms with Crippen molar-refractivity contribution in [2.45, 2.75) is 23.9 Å². The molecule has 1 aromatic heterocycles. The number of rotatable bonds is 5. The van der Waals surface area contributed by atoms with E-state index in [1.807, 2.05) is 37.3 Å². The Labute approximate surface area is 160 Å². The van der Waals surface area contributed by atoms with Crippen molar-refractivity contribution in [3.63, 3.8) is 0 Å². The summed E-state index contributed by atoms with van der Waals surface area (Å²) < 4.78 is 6.08. The molecule has 0 aliphatic rings. The molecule has 2 aromatic carbocycles. The Bertz CT molecular complexity index is 1020. The van der Waals surface area contributed by atoms with Crippen molar-refractivity contribution >= 4 is 40.2 Å². The van der Waals surface area contributed by atoms with Crippen molar-refractivity contribution < 1.29 is 9.53 Å². The zero-order valence-corrected chi connectivity index (χ0v) is 15.9. The quantitative estimate of drug-likeness (QED) is 0.374. The lowest BCUT2D eigenvalue weighted by atomic mass is 10.2. The Balaban J connectivity index is 2.08. The normalized spacial score (nSPS) is 12.1. The van der Waals surface area contributed by atoms with Crippen LogP contribution in [0.5, 0.6) is 0 Å². The highest BCUT2D eigenvalue weighted by molar-refractivity contribution is 7.99. The Morgan fingerprint density at radius 2 is 1.92 bits per heavy atom. The lowest BCUT2D eigenvalue weighted by molar-refractivity contribution is -0.141. The van der Waals surface area contributed by atoms with Crippen LogP contribution in [0, 0.1) is 0 Å². The monoisotopic (exact) mass is 388 g/mol. The first-order valence-electron chi connectivity index (χ1n) is 7.98. The molecule has 0 radical (unpaired) electrons. The van der Waals surface area contributed by atoms with Crippen LogP contribution in [0.1, 0.15) is 17.7 Å². The molecule has 0 N–H and O–H groups in total. The highest BCUT2D eigenvalue weighted by Gasteiger charge is 2.18.